The Morgan fingerprint density at radius 3 is 2.82 bits per heavy atom. The lowest BCUT2D eigenvalue weighted by molar-refractivity contribution is -0.581. The fraction of sp³-hybridized carbons (Fsp3) is 0. The zero-order valence-electron chi connectivity index (χ0n) is 5.82. The lowest BCUT2D eigenvalue weighted by Gasteiger charge is -1.97. The molecule has 11 heavy (non-hydrogen) atoms. The van der Waals surface area contributed by atoms with E-state index in [0.717, 1.165) is 10.1 Å². The molecule has 0 atom stereocenters. The van der Waals surface area contributed by atoms with Crippen LogP contribution in [0.1, 0.15) is 0 Å². The van der Waals surface area contributed by atoms with E-state index in [1.807, 2.05) is 24.3 Å². The van der Waals surface area contributed by atoms with Crippen LogP contribution in [0.5, 0.6) is 0 Å². The number of hydrogen-bond donors (Lipinski definition) is 0. The van der Waals surface area contributed by atoms with Crippen molar-refractivity contribution in [2.75, 3.05) is 0 Å². The van der Waals surface area contributed by atoms with Crippen LogP contribution in [-0.2, 0) is 0 Å². The molecule has 1 heterocycles. The maximum Gasteiger partial charge on any atom is 0.290 e. The first-order chi connectivity index (χ1) is 5.38. The van der Waals surface area contributed by atoms with Crippen LogP contribution in [-0.4, -0.2) is 0 Å². The van der Waals surface area contributed by atoms with Gasteiger partial charge in [-0.15, -0.1) is 0 Å². The van der Waals surface area contributed by atoms with Gasteiger partial charge in [-0.2, -0.15) is 4.73 Å². The van der Waals surface area contributed by atoms with Crippen molar-refractivity contribution in [3.63, 3.8) is 0 Å². The van der Waals surface area contributed by atoms with Crippen molar-refractivity contribution in [1.29, 1.82) is 0 Å². The molecule has 0 aliphatic heterocycles. The Balaban J connectivity index is 2.91. The maximum absolute atomic E-state index is 11.0. The van der Waals surface area contributed by atoms with Crippen molar-refractivity contribution in [3.05, 3.63) is 47.8 Å². The first-order valence-corrected chi connectivity index (χ1v) is 3.37. The summed E-state index contributed by atoms with van der Waals surface area (Å²) in [5.74, 6) is 0. The Morgan fingerprint density at radius 1 is 1.18 bits per heavy atom. The summed E-state index contributed by atoms with van der Waals surface area (Å²) in [5, 5.41) is 12.0. The van der Waals surface area contributed by atoms with Crippen LogP contribution in [0.2, 0.25) is 0 Å². The Hall–Kier alpha value is -1.57. The molecule has 0 aliphatic rings. The van der Waals surface area contributed by atoms with Gasteiger partial charge in [0.25, 0.3) is 6.20 Å². The van der Waals surface area contributed by atoms with Crippen molar-refractivity contribution in [3.8, 4) is 0 Å². The van der Waals surface area contributed by atoms with E-state index in [-0.39, 0.29) is 0 Å². The van der Waals surface area contributed by atoms with Crippen LogP contribution in [0.25, 0.3) is 10.9 Å². The lowest BCUT2D eigenvalue weighted by Crippen LogP contribution is -2.26. The number of para-hydroxylation sites is 1. The van der Waals surface area contributed by atoms with Crippen molar-refractivity contribution in [2.45, 2.75) is 0 Å². The van der Waals surface area contributed by atoms with E-state index in [0.29, 0.717) is 5.52 Å². The fourth-order valence-corrected chi connectivity index (χ4v) is 1.08. The van der Waals surface area contributed by atoms with Crippen LogP contribution in [0.3, 0.4) is 0 Å². The molecule has 0 spiro atoms. The molecule has 0 amide bonds. The minimum Gasteiger partial charge on any atom is -0.618 e. The molecule has 2 heteroatoms. The predicted molar refractivity (Wildman–Crippen MR) is 41.7 cm³/mol. The molecule has 1 aromatic heterocycles. The molecule has 53 valence electrons. The fourth-order valence-electron chi connectivity index (χ4n) is 1.08. The summed E-state index contributed by atoms with van der Waals surface area (Å²) >= 11 is 0. The van der Waals surface area contributed by atoms with Crippen LogP contribution < -0.4 is 4.73 Å². The van der Waals surface area contributed by atoms with Gasteiger partial charge in [-0.05, 0) is 12.1 Å². The quantitative estimate of drug-likeness (QED) is 0.404. The number of aromatic nitrogens is 1. The van der Waals surface area contributed by atoms with E-state index in [9.17, 15) is 5.21 Å². The van der Waals surface area contributed by atoms with E-state index in [1.54, 1.807) is 12.1 Å². The summed E-state index contributed by atoms with van der Waals surface area (Å²) in [6.07, 6.45) is 2.54. The zero-order valence-corrected chi connectivity index (χ0v) is 5.82. The molecule has 1 radical (unpaired) electrons. The third-order valence-electron chi connectivity index (χ3n) is 1.61. The minimum absolute atomic E-state index is 0.662. The minimum atomic E-state index is 0.662. The number of fused-ring (bicyclic) bond motifs is 1. The Labute approximate surface area is 64.3 Å². The predicted octanol–water partition coefficient (Wildman–Crippen LogP) is 1.27. The second-order valence-electron chi connectivity index (χ2n) is 2.32. The summed E-state index contributed by atoms with van der Waals surface area (Å²) in [6, 6.07) is 10.9. The van der Waals surface area contributed by atoms with Gasteiger partial charge in [0, 0.05) is 17.5 Å². The van der Waals surface area contributed by atoms with Crippen LogP contribution in [0.15, 0.2) is 36.4 Å². The van der Waals surface area contributed by atoms with Gasteiger partial charge < -0.3 is 5.21 Å². The summed E-state index contributed by atoms with van der Waals surface area (Å²) in [7, 11) is 0. The van der Waals surface area contributed by atoms with Gasteiger partial charge in [-0.3, -0.25) is 0 Å². The molecule has 0 bridgehead atoms. The lowest BCUT2D eigenvalue weighted by atomic mass is 10.2. The summed E-state index contributed by atoms with van der Waals surface area (Å²) < 4.78 is 0.745. The highest BCUT2D eigenvalue weighted by atomic mass is 16.5. The monoisotopic (exact) mass is 144 g/mol. The highest BCUT2D eigenvalue weighted by Gasteiger charge is 1.99. The molecule has 0 N–H and O–H groups in total. The number of nitrogens with zero attached hydrogens (tertiary/aromatic N) is 1. The molecule has 0 saturated carbocycles. The summed E-state index contributed by atoms with van der Waals surface area (Å²) in [4.78, 5) is 0. The van der Waals surface area contributed by atoms with Crippen molar-refractivity contribution in [1.82, 2.24) is 0 Å². The second kappa shape index (κ2) is 2.23. The molecule has 1 aromatic carbocycles. The van der Waals surface area contributed by atoms with E-state index in [4.69, 9.17) is 0 Å². The number of benzene rings is 1. The molecule has 2 nitrogen and oxygen atoms in total. The number of rotatable bonds is 0. The maximum atomic E-state index is 11.0. The molecular weight excluding hydrogens is 138 g/mol. The van der Waals surface area contributed by atoms with Crippen molar-refractivity contribution < 1.29 is 4.73 Å². The molecular formula is C9H6NO. The van der Waals surface area contributed by atoms with Gasteiger partial charge in [0.2, 0.25) is 5.52 Å². The number of pyridine rings is 1. The smallest absolute Gasteiger partial charge is 0.290 e. The molecule has 0 unspecified atom stereocenters. The Kier molecular flexibility index (Phi) is 1.25. The van der Waals surface area contributed by atoms with Gasteiger partial charge in [0.05, 0.1) is 0 Å². The SMILES string of the molecule is [O-][n+]1[c]ccc2ccccc21. The second-order valence-corrected chi connectivity index (χ2v) is 2.32. The normalized spacial score (nSPS) is 10.2. The molecule has 0 saturated heterocycles. The topological polar surface area (TPSA) is 26.9 Å². The first-order valence-electron chi connectivity index (χ1n) is 3.37. The molecule has 2 rings (SSSR count). The zero-order chi connectivity index (χ0) is 7.68. The highest BCUT2D eigenvalue weighted by molar-refractivity contribution is 5.74. The van der Waals surface area contributed by atoms with E-state index >= 15 is 0 Å². The van der Waals surface area contributed by atoms with Gasteiger partial charge in [-0.1, -0.05) is 12.1 Å². The Bertz CT molecular complexity index is 379. The van der Waals surface area contributed by atoms with Gasteiger partial charge in [-0.25, -0.2) is 0 Å². The summed E-state index contributed by atoms with van der Waals surface area (Å²) in [6.45, 7) is 0. The van der Waals surface area contributed by atoms with Crippen molar-refractivity contribution in [2.24, 2.45) is 0 Å². The molecule has 0 aliphatic carbocycles. The Morgan fingerprint density at radius 2 is 2.00 bits per heavy atom. The third-order valence-corrected chi connectivity index (χ3v) is 1.61. The van der Waals surface area contributed by atoms with Gasteiger partial charge in [0.15, 0.2) is 0 Å². The highest BCUT2D eigenvalue weighted by Crippen LogP contribution is 2.06. The average Bonchev–Trinajstić information content (AvgIpc) is 2.06. The first kappa shape index (κ1) is 6.16. The van der Waals surface area contributed by atoms with E-state index < -0.39 is 0 Å². The van der Waals surface area contributed by atoms with Crippen LogP contribution in [0.4, 0.5) is 0 Å². The van der Waals surface area contributed by atoms with Crippen LogP contribution >= 0.6 is 0 Å². The summed E-state index contributed by atoms with van der Waals surface area (Å²) in [5.41, 5.74) is 0.662. The van der Waals surface area contributed by atoms with E-state index in [2.05, 4.69) is 6.20 Å². The number of hydrogen-bond acceptors (Lipinski definition) is 1. The standard InChI is InChI=1S/C9H6NO/c11-10-7-3-5-8-4-1-2-6-9(8)10/h1-6H. The average molecular weight is 144 g/mol. The largest absolute Gasteiger partial charge is 0.618 e. The van der Waals surface area contributed by atoms with Crippen molar-refractivity contribution >= 4 is 10.9 Å². The van der Waals surface area contributed by atoms with Crippen LogP contribution in [0, 0.1) is 11.4 Å². The van der Waals surface area contributed by atoms with Gasteiger partial charge in [0.1, 0.15) is 0 Å². The molecule has 2 aromatic rings. The third kappa shape index (κ3) is 0.923. The van der Waals surface area contributed by atoms with Gasteiger partial charge >= 0.3 is 0 Å². The molecule has 0 fully saturated rings. The van der Waals surface area contributed by atoms with E-state index in [1.165, 1.54) is 0 Å².